The predicted octanol–water partition coefficient (Wildman–Crippen LogP) is 2.97. The van der Waals surface area contributed by atoms with Crippen LogP contribution in [0.3, 0.4) is 0 Å². The molecule has 1 aromatic carbocycles. The average Bonchev–Trinajstić information content (AvgIpc) is 2.55. The average molecular weight is 378 g/mol. The van der Waals surface area contributed by atoms with Crippen molar-refractivity contribution in [3.63, 3.8) is 0 Å². The Bertz CT molecular complexity index is 766. The van der Waals surface area contributed by atoms with E-state index in [1.54, 1.807) is 20.8 Å². The normalized spacial score (nSPS) is 12.0. The minimum Gasteiger partial charge on any atom is -0.444 e. The van der Waals surface area contributed by atoms with E-state index in [1.165, 1.54) is 12.1 Å². The Hall–Kier alpha value is -3.10. The van der Waals surface area contributed by atoms with Crippen LogP contribution in [-0.4, -0.2) is 35.6 Å². The molecule has 0 aliphatic heterocycles. The van der Waals surface area contributed by atoms with E-state index in [-0.39, 0.29) is 16.9 Å². The Balaban J connectivity index is 2.76. The van der Waals surface area contributed by atoms with Gasteiger partial charge in [0.2, 0.25) is 5.91 Å². The summed E-state index contributed by atoms with van der Waals surface area (Å²) in [6.45, 7) is 9.66. The predicted molar refractivity (Wildman–Crippen MR) is 103 cm³/mol. The van der Waals surface area contributed by atoms with Crippen LogP contribution in [0.25, 0.3) is 0 Å². The van der Waals surface area contributed by atoms with Crippen LogP contribution in [0, 0.1) is 10.1 Å². The molecular formula is C18H26N4O5. The van der Waals surface area contributed by atoms with Gasteiger partial charge in [-0.25, -0.2) is 4.79 Å². The SMILES string of the molecule is CC(CNC(=O)OC(C)(C)C)=C(C)CNc1ccc(C(N)=O)cc1[N+](=O)[O-]. The zero-order chi connectivity index (χ0) is 20.8. The van der Waals surface area contributed by atoms with Gasteiger partial charge < -0.3 is 21.1 Å². The standard InChI is InChI=1S/C18H26N4O5/c1-11(12(2)10-21-17(24)27-18(3,4)5)9-20-14-7-6-13(16(19)23)8-15(14)22(25)26/h6-8,20H,9-10H2,1-5H3,(H2,19,23)(H,21,24). The first-order valence-corrected chi connectivity index (χ1v) is 8.35. The number of hydrogen-bond donors (Lipinski definition) is 3. The molecule has 0 radical (unpaired) electrons. The molecule has 0 unspecified atom stereocenters. The molecule has 27 heavy (non-hydrogen) atoms. The van der Waals surface area contributed by atoms with Gasteiger partial charge in [-0.1, -0.05) is 11.1 Å². The van der Waals surface area contributed by atoms with Gasteiger partial charge in [0.15, 0.2) is 0 Å². The van der Waals surface area contributed by atoms with Crippen molar-refractivity contribution in [1.82, 2.24) is 5.32 Å². The summed E-state index contributed by atoms with van der Waals surface area (Å²) in [5.41, 5.74) is 6.49. The molecule has 2 amide bonds. The van der Waals surface area contributed by atoms with E-state index in [0.29, 0.717) is 13.1 Å². The molecule has 0 saturated carbocycles. The lowest BCUT2D eigenvalue weighted by Gasteiger charge is -2.20. The zero-order valence-electron chi connectivity index (χ0n) is 16.2. The number of benzene rings is 1. The number of ether oxygens (including phenoxy) is 1. The van der Waals surface area contributed by atoms with E-state index >= 15 is 0 Å². The number of nitro benzene ring substituents is 1. The van der Waals surface area contributed by atoms with Gasteiger partial charge in [0, 0.05) is 24.7 Å². The maximum Gasteiger partial charge on any atom is 0.407 e. The van der Waals surface area contributed by atoms with Crippen LogP contribution in [0.5, 0.6) is 0 Å². The van der Waals surface area contributed by atoms with Crippen molar-refractivity contribution in [2.45, 2.75) is 40.2 Å². The molecule has 0 spiro atoms. The molecule has 0 heterocycles. The smallest absolute Gasteiger partial charge is 0.407 e. The van der Waals surface area contributed by atoms with Crippen molar-refractivity contribution >= 4 is 23.4 Å². The number of rotatable bonds is 7. The van der Waals surface area contributed by atoms with E-state index in [9.17, 15) is 19.7 Å². The second kappa shape index (κ2) is 9.02. The highest BCUT2D eigenvalue weighted by molar-refractivity contribution is 5.94. The molecule has 9 heteroatoms. The lowest BCUT2D eigenvalue weighted by Crippen LogP contribution is -2.33. The van der Waals surface area contributed by atoms with Crippen LogP contribution in [0.4, 0.5) is 16.2 Å². The minimum atomic E-state index is -0.732. The van der Waals surface area contributed by atoms with Gasteiger partial charge in [-0.3, -0.25) is 14.9 Å². The first-order chi connectivity index (χ1) is 12.4. The summed E-state index contributed by atoms with van der Waals surface area (Å²) in [6.07, 6.45) is -0.514. The van der Waals surface area contributed by atoms with Crippen molar-refractivity contribution < 1.29 is 19.2 Å². The van der Waals surface area contributed by atoms with Gasteiger partial charge in [-0.2, -0.15) is 0 Å². The third-order valence-electron chi connectivity index (χ3n) is 3.65. The maximum absolute atomic E-state index is 11.7. The minimum absolute atomic E-state index is 0.0669. The molecule has 9 nitrogen and oxygen atoms in total. The van der Waals surface area contributed by atoms with Crippen molar-refractivity contribution in [2.24, 2.45) is 5.73 Å². The maximum atomic E-state index is 11.7. The van der Waals surface area contributed by atoms with Crippen LogP contribution < -0.4 is 16.4 Å². The molecule has 0 aliphatic carbocycles. The van der Waals surface area contributed by atoms with Crippen molar-refractivity contribution in [1.29, 1.82) is 0 Å². The highest BCUT2D eigenvalue weighted by atomic mass is 16.6. The summed E-state index contributed by atoms with van der Waals surface area (Å²) in [6, 6.07) is 4.01. The van der Waals surface area contributed by atoms with Gasteiger partial charge in [0.1, 0.15) is 11.3 Å². The number of nitrogens with one attached hydrogen (secondary N) is 2. The summed E-state index contributed by atoms with van der Waals surface area (Å²) in [5.74, 6) is -0.732. The number of hydrogen-bond acceptors (Lipinski definition) is 6. The number of nitro groups is 1. The number of alkyl carbamates (subject to hydrolysis) is 1. The fourth-order valence-corrected chi connectivity index (χ4v) is 2.03. The second-order valence-corrected chi connectivity index (χ2v) is 7.12. The van der Waals surface area contributed by atoms with Crippen LogP contribution >= 0.6 is 0 Å². The number of carbonyl (C=O) groups excluding carboxylic acids is 2. The summed E-state index contributed by atoms with van der Waals surface area (Å²) in [5, 5.41) is 16.8. The molecule has 148 valence electrons. The van der Waals surface area contributed by atoms with E-state index < -0.39 is 22.5 Å². The van der Waals surface area contributed by atoms with Gasteiger partial charge in [0.05, 0.1) is 4.92 Å². The Morgan fingerprint density at radius 1 is 1.19 bits per heavy atom. The summed E-state index contributed by atoms with van der Waals surface area (Å²) >= 11 is 0. The zero-order valence-corrected chi connectivity index (χ0v) is 16.2. The highest BCUT2D eigenvalue weighted by Crippen LogP contribution is 2.25. The highest BCUT2D eigenvalue weighted by Gasteiger charge is 2.17. The van der Waals surface area contributed by atoms with Crippen LogP contribution in [-0.2, 0) is 4.74 Å². The Morgan fingerprint density at radius 3 is 2.30 bits per heavy atom. The van der Waals surface area contributed by atoms with Crippen molar-refractivity contribution in [2.75, 3.05) is 18.4 Å². The summed E-state index contributed by atoms with van der Waals surface area (Å²) in [7, 11) is 0. The number of carbonyl (C=O) groups is 2. The molecule has 0 atom stereocenters. The largest absolute Gasteiger partial charge is 0.444 e. The fourth-order valence-electron chi connectivity index (χ4n) is 2.03. The molecule has 1 aromatic rings. The van der Waals surface area contributed by atoms with E-state index in [2.05, 4.69) is 10.6 Å². The van der Waals surface area contributed by atoms with Crippen LogP contribution in [0.1, 0.15) is 45.0 Å². The fraction of sp³-hybridized carbons (Fsp3) is 0.444. The summed E-state index contributed by atoms with van der Waals surface area (Å²) < 4.78 is 5.17. The lowest BCUT2D eigenvalue weighted by atomic mass is 10.1. The molecule has 0 saturated heterocycles. The van der Waals surface area contributed by atoms with Gasteiger partial charge >= 0.3 is 6.09 Å². The third kappa shape index (κ3) is 7.35. The van der Waals surface area contributed by atoms with Gasteiger partial charge in [0.25, 0.3) is 5.69 Å². The Morgan fingerprint density at radius 2 is 1.78 bits per heavy atom. The molecule has 0 aromatic heterocycles. The monoisotopic (exact) mass is 378 g/mol. The third-order valence-corrected chi connectivity index (χ3v) is 3.65. The van der Waals surface area contributed by atoms with Gasteiger partial charge in [-0.15, -0.1) is 0 Å². The first kappa shape index (κ1) is 21.9. The van der Waals surface area contributed by atoms with Crippen molar-refractivity contribution in [3.05, 3.63) is 45.0 Å². The quantitative estimate of drug-likeness (QED) is 0.379. The van der Waals surface area contributed by atoms with Crippen molar-refractivity contribution in [3.8, 4) is 0 Å². The van der Waals surface area contributed by atoms with Crippen LogP contribution in [0.15, 0.2) is 29.3 Å². The second-order valence-electron chi connectivity index (χ2n) is 7.12. The van der Waals surface area contributed by atoms with Crippen LogP contribution in [0.2, 0.25) is 0 Å². The number of nitrogens with zero attached hydrogens (tertiary/aromatic N) is 1. The Kier molecular flexibility index (Phi) is 7.33. The van der Waals surface area contributed by atoms with E-state index in [0.717, 1.165) is 17.2 Å². The molecule has 1 rings (SSSR count). The lowest BCUT2D eigenvalue weighted by molar-refractivity contribution is -0.384. The summed E-state index contributed by atoms with van der Waals surface area (Å²) in [4.78, 5) is 33.5. The molecular weight excluding hydrogens is 352 g/mol. The molecule has 4 N–H and O–H groups in total. The number of primary amides is 1. The number of amides is 2. The Labute approximate surface area is 158 Å². The number of nitrogens with two attached hydrogens (primary N) is 1. The number of anilines is 1. The van der Waals surface area contributed by atoms with E-state index in [1.807, 2.05) is 13.8 Å². The topological polar surface area (TPSA) is 137 Å². The molecule has 0 aliphatic rings. The molecule has 0 bridgehead atoms. The van der Waals surface area contributed by atoms with E-state index in [4.69, 9.17) is 10.5 Å². The van der Waals surface area contributed by atoms with Gasteiger partial charge in [-0.05, 0) is 46.8 Å². The molecule has 0 fully saturated rings. The first-order valence-electron chi connectivity index (χ1n) is 8.35.